The second-order valence-electron chi connectivity index (χ2n) is 6.77. The lowest BCUT2D eigenvalue weighted by molar-refractivity contribution is 0.0597. The SMILES string of the molecule is COC(=O)c1ccccc1C(=O)N(Cc1ccccn1)c1nc2c(C)c(Cl)ccc2s1. The molecule has 0 bridgehead atoms. The topological polar surface area (TPSA) is 72.4 Å². The highest BCUT2D eigenvalue weighted by molar-refractivity contribution is 7.22. The summed E-state index contributed by atoms with van der Waals surface area (Å²) >= 11 is 7.64. The minimum absolute atomic E-state index is 0.196. The van der Waals surface area contributed by atoms with E-state index in [0.29, 0.717) is 15.8 Å². The van der Waals surface area contributed by atoms with E-state index in [1.807, 2.05) is 37.3 Å². The quantitative estimate of drug-likeness (QED) is 0.385. The van der Waals surface area contributed by atoms with Crippen LogP contribution >= 0.6 is 22.9 Å². The number of rotatable bonds is 5. The van der Waals surface area contributed by atoms with E-state index in [-0.39, 0.29) is 23.6 Å². The molecule has 0 spiro atoms. The number of hydrogen-bond acceptors (Lipinski definition) is 6. The molecule has 0 atom stereocenters. The van der Waals surface area contributed by atoms with Crippen LogP contribution < -0.4 is 4.90 Å². The van der Waals surface area contributed by atoms with Crippen molar-refractivity contribution in [1.29, 1.82) is 0 Å². The monoisotopic (exact) mass is 451 g/mol. The molecule has 31 heavy (non-hydrogen) atoms. The van der Waals surface area contributed by atoms with Crippen LogP contribution in [0.3, 0.4) is 0 Å². The average molecular weight is 452 g/mol. The van der Waals surface area contributed by atoms with Crippen molar-refractivity contribution in [2.45, 2.75) is 13.5 Å². The van der Waals surface area contributed by atoms with Gasteiger partial charge in [-0.25, -0.2) is 9.78 Å². The minimum Gasteiger partial charge on any atom is -0.465 e. The van der Waals surface area contributed by atoms with Crippen LogP contribution in [-0.2, 0) is 11.3 Å². The molecule has 6 nitrogen and oxygen atoms in total. The third-order valence-corrected chi connectivity index (χ3v) is 6.27. The fraction of sp³-hybridized carbons (Fsp3) is 0.130. The van der Waals surface area contributed by atoms with Crippen LogP contribution in [0.25, 0.3) is 10.2 Å². The smallest absolute Gasteiger partial charge is 0.338 e. The number of pyridine rings is 1. The van der Waals surface area contributed by atoms with E-state index in [1.54, 1.807) is 30.5 Å². The van der Waals surface area contributed by atoms with Gasteiger partial charge in [0.1, 0.15) is 0 Å². The minimum atomic E-state index is -0.575. The third kappa shape index (κ3) is 4.15. The van der Waals surface area contributed by atoms with Gasteiger partial charge in [0.15, 0.2) is 5.13 Å². The predicted molar refractivity (Wildman–Crippen MR) is 122 cm³/mol. The summed E-state index contributed by atoms with van der Waals surface area (Å²) in [4.78, 5) is 36.5. The summed E-state index contributed by atoms with van der Waals surface area (Å²) in [6.45, 7) is 2.09. The lowest BCUT2D eigenvalue weighted by Gasteiger charge is -2.20. The molecule has 4 rings (SSSR count). The number of anilines is 1. The van der Waals surface area contributed by atoms with Crippen molar-refractivity contribution in [1.82, 2.24) is 9.97 Å². The summed E-state index contributed by atoms with van der Waals surface area (Å²) < 4.78 is 5.77. The maximum Gasteiger partial charge on any atom is 0.338 e. The molecule has 156 valence electrons. The van der Waals surface area contributed by atoms with Crippen LogP contribution in [0, 0.1) is 6.92 Å². The van der Waals surface area contributed by atoms with Crippen molar-refractivity contribution in [2.24, 2.45) is 0 Å². The van der Waals surface area contributed by atoms with Gasteiger partial charge in [-0.3, -0.25) is 14.7 Å². The van der Waals surface area contributed by atoms with Gasteiger partial charge in [-0.05, 0) is 48.9 Å². The van der Waals surface area contributed by atoms with E-state index in [1.165, 1.54) is 23.3 Å². The zero-order chi connectivity index (χ0) is 22.0. The molecule has 0 N–H and O–H groups in total. The van der Waals surface area contributed by atoms with Gasteiger partial charge in [0.2, 0.25) is 0 Å². The largest absolute Gasteiger partial charge is 0.465 e. The van der Waals surface area contributed by atoms with Crippen molar-refractivity contribution in [3.63, 3.8) is 0 Å². The first-order valence-electron chi connectivity index (χ1n) is 9.44. The number of aryl methyl sites for hydroxylation is 1. The van der Waals surface area contributed by atoms with E-state index in [0.717, 1.165) is 15.8 Å². The van der Waals surface area contributed by atoms with Gasteiger partial charge in [-0.15, -0.1) is 0 Å². The van der Waals surface area contributed by atoms with Crippen molar-refractivity contribution in [3.8, 4) is 0 Å². The molecule has 8 heteroatoms. The molecule has 0 saturated heterocycles. The van der Waals surface area contributed by atoms with Crippen LogP contribution in [0.4, 0.5) is 5.13 Å². The molecule has 2 heterocycles. The number of methoxy groups -OCH3 is 1. The molecular weight excluding hydrogens is 434 g/mol. The van der Waals surface area contributed by atoms with Crippen LogP contribution in [0.1, 0.15) is 32.0 Å². The van der Waals surface area contributed by atoms with Crippen LogP contribution in [0.5, 0.6) is 0 Å². The van der Waals surface area contributed by atoms with Crippen molar-refractivity contribution in [2.75, 3.05) is 12.0 Å². The lowest BCUT2D eigenvalue weighted by atomic mass is 10.1. The number of amides is 1. The van der Waals surface area contributed by atoms with Gasteiger partial charge in [0.25, 0.3) is 5.91 Å². The Morgan fingerprint density at radius 1 is 1.06 bits per heavy atom. The Bertz CT molecular complexity index is 1270. The van der Waals surface area contributed by atoms with Gasteiger partial charge in [-0.2, -0.15) is 0 Å². The van der Waals surface area contributed by atoms with Crippen molar-refractivity contribution >= 4 is 50.2 Å². The molecule has 4 aromatic rings. The molecule has 0 saturated carbocycles. The average Bonchev–Trinajstić information content (AvgIpc) is 3.24. The number of ether oxygens (including phenoxy) is 1. The highest BCUT2D eigenvalue weighted by atomic mass is 35.5. The van der Waals surface area contributed by atoms with Gasteiger partial charge in [0, 0.05) is 11.2 Å². The molecule has 0 aliphatic rings. The molecule has 1 amide bonds. The van der Waals surface area contributed by atoms with E-state index in [2.05, 4.69) is 4.98 Å². The van der Waals surface area contributed by atoms with Crippen molar-refractivity contribution in [3.05, 3.63) is 88.2 Å². The van der Waals surface area contributed by atoms with E-state index in [9.17, 15) is 9.59 Å². The summed E-state index contributed by atoms with van der Waals surface area (Å²) in [5.41, 5.74) is 2.72. The number of benzene rings is 2. The number of nitrogens with zero attached hydrogens (tertiary/aromatic N) is 3. The van der Waals surface area contributed by atoms with Gasteiger partial charge in [-0.1, -0.05) is 41.1 Å². The fourth-order valence-electron chi connectivity index (χ4n) is 3.19. The molecule has 0 unspecified atom stereocenters. The maximum absolute atomic E-state index is 13.7. The molecular formula is C23H18ClN3O3S. The van der Waals surface area contributed by atoms with Gasteiger partial charge < -0.3 is 4.74 Å². The second kappa shape index (κ2) is 8.83. The number of halogens is 1. The molecule has 0 aliphatic heterocycles. The van der Waals surface area contributed by atoms with Crippen LogP contribution in [0.15, 0.2) is 60.8 Å². The highest BCUT2D eigenvalue weighted by Gasteiger charge is 2.26. The maximum atomic E-state index is 13.7. The lowest BCUT2D eigenvalue weighted by Crippen LogP contribution is -2.32. The fourth-order valence-corrected chi connectivity index (χ4v) is 4.36. The molecule has 0 fully saturated rings. The second-order valence-corrected chi connectivity index (χ2v) is 8.18. The first kappa shape index (κ1) is 21.0. The summed E-state index contributed by atoms with van der Waals surface area (Å²) in [7, 11) is 1.29. The van der Waals surface area contributed by atoms with E-state index in [4.69, 9.17) is 21.3 Å². The number of thiazole rings is 1. The van der Waals surface area contributed by atoms with Crippen LogP contribution in [0.2, 0.25) is 5.02 Å². The molecule has 2 aromatic heterocycles. The predicted octanol–water partition coefficient (Wildman–Crippen LogP) is 5.29. The Morgan fingerprint density at radius 2 is 1.81 bits per heavy atom. The van der Waals surface area contributed by atoms with Crippen LogP contribution in [-0.4, -0.2) is 29.0 Å². The normalized spacial score (nSPS) is 10.8. The zero-order valence-corrected chi connectivity index (χ0v) is 18.4. The first-order chi connectivity index (χ1) is 15.0. The summed E-state index contributed by atoms with van der Waals surface area (Å²) in [5, 5.41) is 1.11. The summed E-state index contributed by atoms with van der Waals surface area (Å²) in [6, 6.07) is 15.8. The first-order valence-corrected chi connectivity index (χ1v) is 10.6. The Hall–Kier alpha value is -3.29. The number of fused-ring (bicyclic) bond motifs is 1. The zero-order valence-electron chi connectivity index (χ0n) is 16.8. The number of carbonyl (C=O) groups excluding carboxylic acids is 2. The molecule has 0 radical (unpaired) electrons. The Labute approximate surface area is 188 Å². The number of hydrogen-bond donors (Lipinski definition) is 0. The summed E-state index contributed by atoms with van der Waals surface area (Å²) in [6.07, 6.45) is 1.67. The number of carbonyl (C=O) groups is 2. The third-order valence-electron chi connectivity index (χ3n) is 4.82. The highest BCUT2D eigenvalue weighted by Crippen LogP contribution is 2.35. The Morgan fingerprint density at radius 3 is 2.52 bits per heavy atom. The van der Waals surface area contributed by atoms with Crippen molar-refractivity contribution < 1.29 is 14.3 Å². The van der Waals surface area contributed by atoms with Gasteiger partial charge >= 0.3 is 5.97 Å². The Kier molecular flexibility index (Phi) is 5.97. The standard InChI is InChI=1S/C23H18ClN3O3S/c1-14-18(24)10-11-19-20(14)26-23(31-19)27(13-15-7-5-6-12-25-15)21(28)16-8-3-4-9-17(16)22(29)30-2/h3-12H,13H2,1-2H3. The van der Waals surface area contributed by atoms with E-state index < -0.39 is 5.97 Å². The van der Waals surface area contributed by atoms with Gasteiger partial charge in [0.05, 0.1) is 40.7 Å². The molecule has 2 aromatic carbocycles. The summed E-state index contributed by atoms with van der Waals surface area (Å²) in [5.74, 6) is -0.942. The van der Waals surface area contributed by atoms with E-state index >= 15 is 0 Å². The number of esters is 1. The number of aromatic nitrogens is 2. The Balaban J connectivity index is 1.84. The molecule has 0 aliphatic carbocycles.